The summed E-state index contributed by atoms with van der Waals surface area (Å²) in [5, 5.41) is 5.24. The van der Waals surface area contributed by atoms with Crippen molar-refractivity contribution in [2.45, 2.75) is 18.9 Å². The second-order valence-corrected chi connectivity index (χ2v) is 5.26. The van der Waals surface area contributed by atoms with E-state index in [0.717, 1.165) is 32.5 Å². The molecule has 116 valence electrons. The highest BCUT2D eigenvalue weighted by molar-refractivity contribution is 5.92. The van der Waals surface area contributed by atoms with Gasteiger partial charge >= 0.3 is 6.09 Å². The first kappa shape index (κ1) is 16.9. The van der Waals surface area contributed by atoms with Crippen LogP contribution in [0, 0.1) is 0 Å². The second-order valence-electron chi connectivity index (χ2n) is 5.26. The van der Waals surface area contributed by atoms with Gasteiger partial charge < -0.3 is 15.0 Å². The number of carbonyl (C=O) groups excluding carboxylic acids is 2. The number of rotatable bonds is 7. The highest BCUT2D eigenvalue weighted by Gasteiger charge is 2.22. The number of alkyl carbamates (subject to hydrolysis) is 1. The van der Waals surface area contributed by atoms with Crippen LogP contribution in [0.25, 0.3) is 0 Å². The lowest BCUT2D eigenvalue weighted by molar-refractivity contribution is -0.121. The molecule has 0 bridgehead atoms. The zero-order chi connectivity index (χ0) is 15.0. The van der Waals surface area contributed by atoms with Gasteiger partial charge in [0, 0.05) is 19.1 Å². The van der Waals surface area contributed by atoms with E-state index in [0.29, 0.717) is 6.61 Å². The standard InChI is InChI=1S/C13H26N4O3/c1-14-6-8-16(2)9-12(18)15-13(19)20-10-11-5-4-7-17(11)3/h11,14H,4-10H2,1-3H3,(H,15,18,19)/t11-/m0/s1. The maximum Gasteiger partial charge on any atom is 0.413 e. The zero-order valence-electron chi connectivity index (χ0n) is 12.6. The van der Waals surface area contributed by atoms with E-state index in [4.69, 9.17) is 4.74 Å². The third-order valence-corrected chi connectivity index (χ3v) is 3.48. The quantitative estimate of drug-likeness (QED) is 0.656. The molecular formula is C13H26N4O3. The van der Waals surface area contributed by atoms with Gasteiger partial charge in [-0.3, -0.25) is 15.0 Å². The minimum atomic E-state index is -0.655. The topological polar surface area (TPSA) is 73.9 Å². The number of hydrogen-bond donors (Lipinski definition) is 2. The molecule has 1 aliphatic rings. The molecule has 1 rings (SSSR count). The van der Waals surface area contributed by atoms with Gasteiger partial charge in [-0.1, -0.05) is 0 Å². The lowest BCUT2D eigenvalue weighted by Crippen LogP contribution is -2.41. The number of amides is 2. The minimum Gasteiger partial charge on any atom is -0.448 e. The Kier molecular flexibility index (Phi) is 7.50. The average molecular weight is 286 g/mol. The van der Waals surface area contributed by atoms with Gasteiger partial charge in [0.2, 0.25) is 5.91 Å². The van der Waals surface area contributed by atoms with Crippen molar-refractivity contribution in [2.24, 2.45) is 0 Å². The van der Waals surface area contributed by atoms with Crippen LogP contribution in [0.5, 0.6) is 0 Å². The molecule has 0 aromatic carbocycles. The number of carbonyl (C=O) groups is 2. The van der Waals surface area contributed by atoms with Crippen LogP contribution < -0.4 is 10.6 Å². The van der Waals surface area contributed by atoms with Crippen molar-refractivity contribution in [1.29, 1.82) is 0 Å². The summed E-state index contributed by atoms with van der Waals surface area (Å²) in [6, 6.07) is 0.272. The Morgan fingerprint density at radius 2 is 2.20 bits per heavy atom. The summed E-state index contributed by atoms with van der Waals surface area (Å²) < 4.78 is 5.09. The van der Waals surface area contributed by atoms with Gasteiger partial charge in [-0.05, 0) is 40.5 Å². The molecule has 7 nitrogen and oxygen atoms in total. The van der Waals surface area contributed by atoms with E-state index in [2.05, 4.69) is 15.5 Å². The first-order valence-electron chi connectivity index (χ1n) is 7.03. The molecule has 0 unspecified atom stereocenters. The van der Waals surface area contributed by atoms with E-state index in [-0.39, 0.29) is 18.5 Å². The van der Waals surface area contributed by atoms with Crippen molar-refractivity contribution in [3.63, 3.8) is 0 Å². The second kappa shape index (κ2) is 8.89. The van der Waals surface area contributed by atoms with E-state index in [1.807, 2.05) is 26.0 Å². The Morgan fingerprint density at radius 1 is 1.45 bits per heavy atom. The van der Waals surface area contributed by atoms with Gasteiger partial charge in [0.25, 0.3) is 0 Å². The van der Waals surface area contributed by atoms with Crippen molar-refractivity contribution in [3.8, 4) is 0 Å². The minimum absolute atomic E-state index is 0.181. The highest BCUT2D eigenvalue weighted by Crippen LogP contribution is 2.14. The summed E-state index contributed by atoms with van der Waals surface area (Å²) >= 11 is 0. The van der Waals surface area contributed by atoms with E-state index in [1.165, 1.54) is 0 Å². The fourth-order valence-corrected chi connectivity index (χ4v) is 2.18. The molecule has 7 heteroatoms. The van der Waals surface area contributed by atoms with Crippen molar-refractivity contribution in [1.82, 2.24) is 20.4 Å². The van der Waals surface area contributed by atoms with Gasteiger partial charge in [0.15, 0.2) is 0 Å². The molecule has 2 amide bonds. The molecule has 0 aromatic heterocycles. The van der Waals surface area contributed by atoms with Gasteiger partial charge in [-0.15, -0.1) is 0 Å². The van der Waals surface area contributed by atoms with Gasteiger partial charge in [0.1, 0.15) is 6.61 Å². The van der Waals surface area contributed by atoms with Crippen molar-refractivity contribution in [2.75, 3.05) is 53.9 Å². The first-order chi connectivity index (χ1) is 9.52. The first-order valence-corrected chi connectivity index (χ1v) is 7.03. The van der Waals surface area contributed by atoms with Crippen LogP contribution in [0.15, 0.2) is 0 Å². The summed E-state index contributed by atoms with van der Waals surface area (Å²) in [6.07, 6.45) is 1.50. The molecule has 0 radical (unpaired) electrons. The van der Waals surface area contributed by atoms with Crippen LogP contribution in [0.3, 0.4) is 0 Å². The number of nitrogens with zero attached hydrogens (tertiary/aromatic N) is 2. The zero-order valence-corrected chi connectivity index (χ0v) is 12.6. The van der Waals surface area contributed by atoms with E-state index in [1.54, 1.807) is 0 Å². The van der Waals surface area contributed by atoms with Crippen LogP contribution in [-0.4, -0.2) is 81.8 Å². The summed E-state index contributed by atoms with van der Waals surface area (Å²) in [5.74, 6) is -0.339. The molecule has 1 atom stereocenters. The monoisotopic (exact) mass is 286 g/mol. The fraction of sp³-hybridized carbons (Fsp3) is 0.846. The summed E-state index contributed by atoms with van der Waals surface area (Å²) in [5.41, 5.74) is 0. The summed E-state index contributed by atoms with van der Waals surface area (Å²) in [4.78, 5) is 27.1. The van der Waals surface area contributed by atoms with Gasteiger partial charge in [0.05, 0.1) is 6.54 Å². The third kappa shape index (κ3) is 6.31. The Hall–Kier alpha value is -1.18. The molecule has 0 aliphatic carbocycles. The van der Waals surface area contributed by atoms with E-state index < -0.39 is 6.09 Å². The summed E-state index contributed by atoms with van der Waals surface area (Å²) in [6.45, 7) is 3.09. The molecule has 0 saturated carbocycles. The average Bonchev–Trinajstić information content (AvgIpc) is 2.79. The predicted octanol–water partition coefficient (Wildman–Crippen LogP) is -0.515. The number of ether oxygens (including phenoxy) is 1. The lowest BCUT2D eigenvalue weighted by Gasteiger charge is -2.19. The molecule has 0 aromatic rings. The van der Waals surface area contributed by atoms with Gasteiger partial charge in [-0.25, -0.2) is 4.79 Å². The molecular weight excluding hydrogens is 260 g/mol. The van der Waals surface area contributed by atoms with E-state index in [9.17, 15) is 9.59 Å². The lowest BCUT2D eigenvalue weighted by atomic mass is 10.2. The van der Waals surface area contributed by atoms with Crippen LogP contribution >= 0.6 is 0 Å². The molecule has 1 heterocycles. The fourth-order valence-electron chi connectivity index (χ4n) is 2.18. The van der Waals surface area contributed by atoms with Crippen LogP contribution in [0.2, 0.25) is 0 Å². The van der Waals surface area contributed by atoms with Crippen molar-refractivity contribution >= 4 is 12.0 Å². The Labute approximate surface area is 120 Å². The molecule has 0 spiro atoms. The molecule has 2 N–H and O–H groups in total. The number of likely N-dealkylation sites (tertiary alicyclic amines) is 1. The maximum atomic E-state index is 11.6. The summed E-state index contributed by atoms with van der Waals surface area (Å²) in [7, 11) is 5.70. The Balaban J connectivity index is 2.16. The number of imide groups is 1. The molecule has 20 heavy (non-hydrogen) atoms. The Bertz CT molecular complexity index is 325. The molecule has 1 fully saturated rings. The van der Waals surface area contributed by atoms with Crippen molar-refractivity contribution < 1.29 is 14.3 Å². The number of hydrogen-bond acceptors (Lipinski definition) is 6. The van der Waals surface area contributed by atoms with E-state index >= 15 is 0 Å². The maximum absolute atomic E-state index is 11.6. The molecule has 1 aliphatic heterocycles. The predicted molar refractivity (Wildman–Crippen MR) is 76.6 cm³/mol. The third-order valence-electron chi connectivity index (χ3n) is 3.48. The largest absolute Gasteiger partial charge is 0.448 e. The van der Waals surface area contributed by atoms with Crippen molar-refractivity contribution in [3.05, 3.63) is 0 Å². The smallest absolute Gasteiger partial charge is 0.413 e. The molecule has 1 saturated heterocycles. The number of nitrogens with one attached hydrogen (secondary N) is 2. The van der Waals surface area contributed by atoms with Crippen LogP contribution in [-0.2, 0) is 9.53 Å². The number of likely N-dealkylation sites (N-methyl/N-ethyl adjacent to an activating group) is 3. The SMILES string of the molecule is CNCCN(C)CC(=O)NC(=O)OC[C@@H]1CCCN1C. The Morgan fingerprint density at radius 3 is 2.80 bits per heavy atom. The highest BCUT2D eigenvalue weighted by atomic mass is 16.5. The van der Waals surface area contributed by atoms with Crippen LogP contribution in [0.1, 0.15) is 12.8 Å². The van der Waals surface area contributed by atoms with Crippen LogP contribution in [0.4, 0.5) is 4.79 Å². The van der Waals surface area contributed by atoms with Gasteiger partial charge in [-0.2, -0.15) is 0 Å². The normalized spacial score (nSPS) is 19.3.